The maximum absolute atomic E-state index is 8.92. The van der Waals surface area contributed by atoms with Crippen molar-refractivity contribution in [3.8, 4) is 6.07 Å². The van der Waals surface area contributed by atoms with Crippen LogP contribution in [0.1, 0.15) is 24.4 Å². The summed E-state index contributed by atoms with van der Waals surface area (Å²) < 4.78 is 0. The van der Waals surface area contributed by atoms with Gasteiger partial charge < -0.3 is 5.73 Å². The van der Waals surface area contributed by atoms with Crippen molar-refractivity contribution in [3.63, 3.8) is 0 Å². The van der Waals surface area contributed by atoms with Gasteiger partial charge in [-0.3, -0.25) is 4.90 Å². The van der Waals surface area contributed by atoms with E-state index in [9.17, 15) is 0 Å². The molecule has 2 rings (SSSR count). The molecule has 1 fully saturated rings. The van der Waals surface area contributed by atoms with Gasteiger partial charge in [0.2, 0.25) is 0 Å². The topological polar surface area (TPSA) is 53.0 Å². The smallest absolute Gasteiger partial charge is 0.0641 e. The summed E-state index contributed by atoms with van der Waals surface area (Å²) in [6.45, 7) is 1.91. The van der Waals surface area contributed by atoms with Gasteiger partial charge in [0.1, 0.15) is 0 Å². The van der Waals surface area contributed by atoms with Gasteiger partial charge >= 0.3 is 0 Å². The van der Waals surface area contributed by atoms with Crippen LogP contribution in [0.2, 0.25) is 0 Å². The number of hydrogen-bond donors (Lipinski definition) is 1. The van der Waals surface area contributed by atoms with Gasteiger partial charge in [0, 0.05) is 25.2 Å². The Morgan fingerprint density at radius 1 is 1.44 bits per heavy atom. The summed E-state index contributed by atoms with van der Waals surface area (Å²) in [4.78, 5) is 2.32. The largest absolute Gasteiger partial charge is 0.326 e. The number of hydrogen-bond acceptors (Lipinski definition) is 3. The quantitative estimate of drug-likeness (QED) is 0.834. The van der Waals surface area contributed by atoms with Crippen LogP contribution >= 0.6 is 0 Å². The Morgan fingerprint density at radius 2 is 2.19 bits per heavy atom. The monoisotopic (exact) mass is 215 g/mol. The van der Waals surface area contributed by atoms with Gasteiger partial charge in [-0.1, -0.05) is 30.3 Å². The van der Waals surface area contributed by atoms with Crippen LogP contribution in [-0.2, 0) is 0 Å². The fourth-order valence-electron chi connectivity index (χ4n) is 2.32. The fourth-order valence-corrected chi connectivity index (χ4v) is 2.32. The van der Waals surface area contributed by atoms with Crippen LogP contribution < -0.4 is 5.73 Å². The zero-order chi connectivity index (χ0) is 11.4. The third-order valence-corrected chi connectivity index (χ3v) is 3.17. The van der Waals surface area contributed by atoms with E-state index in [1.165, 1.54) is 5.56 Å². The number of nitrogens with two attached hydrogens (primary N) is 1. The predicted octanol–water partition coefficient (Wildman–Crippen LogP) is 1.67. The lowest BCUT2D eigenvalue weighted by molar-refractivity contribution is 0.246. The van der Waals surface area contributed by atoms with Crippen LogP contribution in [0.3, 0.4) is 0 Å². The van der Waals surface area contributed by atoms with Crippen molar-refractivity contribution in [2.45, 2.75) is 24.9 Å². The molecule has 16 heavy (non-hydrogen) atoms. The predicted molar refractivity (Wildman–Crippen MR) is 63.6 cm³/mol. The highest BCUT2D eigenvalue weighted by Crippen LogP contribution is 2.27. The molecule has 0 aromatic heterocycles. The lowest BCUT2D eigenvalue weighted by atomic mass is 10.0. The third kappa shape index (κ3) is 2.41. The van der Waals surface area contributed by atoms with Gasteiger partial charge in [0.25, 0.3) is 0 Å². The summed E-state index contributed by atoms with van der Waals surface area (Å²) in [6.07, 6.45) is 1.57. The van der Waals surface area contributed by atoms with E-state index in [0.717, 1.165) is 19.5 Å². The van der Waals surface area contributed by atoms with Crippen LogP contribution in [0, 0.1) is 11.3 Å². The lowest BCUT2D eigenvalue weighted by Crippen LogP contribution is -2.30. The zero-order valence-electron chi connectivity index (χ0n) is 9.34. The molecule has 1 aromatic rings. The van der Waals surface area contributed by atoms with E-state index < -0.39 is 0 Å². The molecule has 1 aliphatic rings. The summed E-state index contributed by atoms with van der Waals surface area (Å²) in [5.41, 5.74) is 7.13. The highest BCUT2D eigenvalue weighted by Gasteiger charge is 2.26. The second-order valence-corrected chi connectivity index (χ2v) is 4.33. The van der Waals surface area contributed by atoms with E-state index in [0.29, 0.717) is 6.42 Å². The molecule has 3 nitrogen and oxygen atoms in total. The molecule has 1 heterocycles. The second-order valence-electron chi connectivity index (χ2n) is 4.33. The Morgan fingerprint density at radius 3 is 2.75 bits per heavy atom. The molecule has 0 radical (unpaired) electrons. The first kappa shape index (κ1) is 11.1. The third-order valence-electron chi connectivity index (χ3n) is 3.17. The SMILES string of the molecule is N#CCC(c1ccccc1)N1CCC(N)C1. The molecular weight excluding hydrogens is 198 g/mol. The molecule has 0 spiro atoms. The Kier molecular flexibility index (Phi) is 3.55. The summed E-state index contributed by atoms with van der Waals surface area (Å²) in [5.74, 6) is 0. The maximum atomic E-state index is 8.92. The molecule has 0 saturated carbocycles. The van der Waals surface area contributed by atoms with Crippen LogP contribution in [0.5, 0.6) is 0 Å². The Hall–Kier alpha value is -1.37. The first-order valence-electron chi connectivity index (χ1n) is 5.73. The van der Waals surface area contributed by atoms with E-state index in [1.54, 1.807) is 0 Å². The van der Waals surface area contributed by atoms with Gasteiger partial charge in [0.15, 0.2) is 0 Å². The summed E-state index contributed by atoms with van der Waals surface area (Å²) in [7, 11) is 0. The number of likely N-dealkylation sites (tertiary alicyclic amines) is 1. The summed E-state index contributed by atoms with van der Waals surface area (Å²) >= 11 is 0. The number of rotatable bonds is 3. The first-order valence-corrected chi connectivity index (χ1v) is 5.73. The van der Waals surface area contributed by atoms with Crippen molar-refractivity contribution in [1.29, 1.82) is 5.26 Å². The highest BCUT2D eigenvalue weighted by atomic mass is 15.2. The van der Waals surface area contributed by atoms with Gasteiger partial charge in [0.05, 0.1) is 12.5 Å². The Bertz CT molecular complexity index is 369. The number of benzene rings is 1. The standard InChI is InChI=1S/C13H17N3/c14-8-6-13(11-4-2-1-3-5-11)16-9-7-12(15)10-16/h1-5,12-13H,6-7,9-10,15H2. The molecular formula is C13H17N3. The maximum Gasteiger partial charge on any atom is 0.0641 e. The van der Waals surface area contributed by atoms with Crippen LogP contribution in [0.25, 0.3) is 0 Å². The van der Waals surface area contributed by atoms with E-state index >= 15 is 0 Å². The van der Waals surface area contributed by atoms with Crippen molar-refractivity contribution in [2.75, 3.05) is 13.1 Å². The Labute approximate surface area is 96.5 Å². The van der Waals surface area contributed by atoms with E-state index in [-0.39, 0.29) is 12.1 Å². The molecule has 2 N–H and O–H groups in total. The Balaban J connectivity index is 2.15. The number of nitrogens with zero attached hydrogens (tertiary/aromatic N) is 2. The van der Waals surface area contributed by atoms with E-state index in [2.05, 4.69) is 23.1 Å². The minimum Gasteiger partial charge on any atom is -0.326 e. The average molecular weight is 215 g/mol. The van der Waals surface area contributed by atoms with Gasteiger partial charge in [-0.2, -0.15) is 5.26 Å². The van der Waals surface area contributed by atoms with E-state index in [4.69, 9.17) is 11.0 Å². The van der Waals surface area contributed by atoms with Crippen molar-refractivity contribution >= 4 is 0 Å². The molecule has 0 amide bonds. The first-order chi connectivity index (χ1) is 7.81. The molecule has 2 unspecified atom stereocenters. The fraction of sp³-hybridized carbons (Fsp3) is 0.462. The molecule has 3 heteroatoms. The molecule has 0 aliphatic carbocycles. The van der Waals surface area contributed by atoms with Crippen LogP contribution in [0.4, 0.5) is 0 Å². The molecule has 0 bridgehead atoms. The molecule has 1 aliphatic heterocycles. The van der Waals surface area contributed by atoms with E-state index in [1.807, 2.05) is 18.2 Å². The second kappa shape index (κ2) is 5.11. The van der Waals surface area contributed by atoms with Gasteiger partial charge in [-0.05, 0) is 12.0 Å². The van der Waals surface area contributed by atoms with Crippen molar-refractivity contribution in [2.24, 2.45) is 5.73 Å². The number of nitriles is 1. The summed E-state index contributed by atoms with van der Waals surface area (Å²) in [5, 5.41) is 8.92. The van der Waals surface area contributed by atoms with Gasteiger partial charge in [-0.25, -0.2) is 0 Å². The van der Waals surface area contributed by atoms with Crippen molar-refractivity contribution < 1.29 is 0 Å². The normalized spacial score (nSPS) is 22.9. The molecule has 1 aromatic carbocycles. The highest BCUT2D eigenvalue weighted by molar-refractivity contribution is 5.20. The van der Waals surface area contributed by atoms with Crippen LogP contribution in [-0.4, -0.2) is 24.0 Å². The molecule has 2 atom stereocenters. The lowest BCUT2D eigenvalue weighted by Gasteiger charge is -2.26. The van der Waals surface area contributed by atoms with Crippen LogP contribution in [0.15, 0.2) is 30.3 Å². The molecule has 1 saturated heterocycles. The van der Waals surface area contributed by atoms with Crippen molar-refractivity contribution in [1.82, 2.24) is 4.90 Å². The minimum atomic E-state index is 0.208. The minimum absolute atomic E-state index is 0.208. The zero-order valence-corrected chi connectivity index (χ0v) is 9.34. The van der Waals surface area contributed by atoms with Crippen molar-refractivity contribution in [3.05, 3.63) is 35.9 Å². The summed E-state index contributed by atoms with van der Waals surface area (Å²) in [6, 6.07) is 13.0. The average Bonchev–Trinajstić information content (AvgIpc) is 2.74. The molecule has 84 valence electrons. The van der Waals surface area contributed by atoms with Gasteiger partial charge in [-0.15, -0.1) is 0 Å².